The van der Waals surface area contributed by atoms with E-state index in [1.807, 2.05) is 47.4 Å². The van der Waals surface area contributed by atoms with E-state index in [2.05, 4.69) is 4.98 Å². The minimum absolute atomic E-state index is 0.00110. The van der Waals surface area contributed by atoms with Gasteiger partial charge in [0.1, 0.15) is 18.2 Å². The lowest BCUT2D eigenvalue weighted by atomic mass is 10.0. The van der Waals surface area contributed by atoms with Crippen LogP contribution in [0.4, 0.5) is 0 Å². The maximum Gasteiger partial charge on any atom is 0.338 e. The number of carbonyl (C=O) groups is 2. The molecule has 2 aromatic carbocycles. The molecular weight excluding hydrogens is 566 g/mol. The van der Waals surface area contributed by atoms with E-state index in [1.165, 1.54) is 22.8 Å². The Morgan fingerprint density at radius 1 is 0.977 bits per heavy atom. The molecule has 1 aliphatic rings. The molecule has 220 valence electrons. The van der Waals surface area contributed by atoms with Crippen molar-refractivity contribution in [2.45, 2.75) is 38.8 Å². The number of fused-ring (bicyclic) bond motifs is 1. The van der Waals surface area contributed by atoms with Crippen molar-refractivity contribution in [1.82, 2.24) is 23.8 Å². The van der Waals surface area contributed by atoms with Crippen LogP contribution in [0.25, 0.3) is 16.5 Å². The number of aromatic nitrogens is 4. The number of methoxy groups -OCH3 is 1. The monoisotopic (exact) mass is 597 g/mol. The number of likely N-dealkylation sites (tertiary alicyclic amines) is 1. The molecule has 5 aromatic rings. The van der Waals surface area contributed by atoms with Gasteiger partial charge in [-0.3, -0.25) is 9.59 Å². The number of piperidine rings is 1. The quantitative estimate of drug-likeness (QED) is 0.229. The molecule has 0 atom stereocenters. The highest BCUT2D eigenvalue weighted by Gasteiger charge is 2.23. The molecule has 0 saturated carbocycles. The number of ether oxygens (including phenoxy) is 2. The first-order valence-electron chi connectivity index (χ1n) is 14.2. The Balaban J connectivity index is 1.37. The van der Waals surface area contributed by atoms with Crippen LogP contribution >= 0.6 is 11.3 Å². The number of carbonyl (C=O) groups excluding carboxylic acids is 2. The molecule has 6 rings (SSSR count). The molecule has 0 aliphatic carbocycles. The fourth-order valence-corrected chi connectivity index (χ4v) is 6.17. The van der Waals surface area contributed by atoms with E-state index in [1.54, 1.807) is 35.3 Å². The fourth-order valence-electron chi connectivity index (χ4n) is 5.24. The molecule has 0 unspecified atom stereocenters. The first kappa shape index (κ1) is 28.4. The highest BCUT2D eigenvalue weighted by atomic mass is 32.1. The molecule has 0 bridgehead atoms. The maximum absolute atomic E-state index is 13.8. The number of thiazole rings is 1. The van der Waals surface area contributed by atoms with Crippen LogP contribution in [0.1, 0.15) is 45.6 Å². The van der Waals surface area contributed by atoms with E-state index in [4.69, 9.17) is 14.5 Å². The third kappa shape index (κ3) is 6.07. The lowest BCUT2D eigenvalue weighted by Gasteiger charge is -2.26. The molecule has 10 nitrogen and oxygen atoms in total. The average molecular weight is 598 g/mol. The summed E-state index contributed by atoms with van der Waals surface area (Å²) in [6.07, 6.45) is 8.61. The van der Waals surface area contributed by atoms with Crippen molar-refractivity contribution < 1.29 is 19.1 Å². The molecule has 3 aromatic heterocycles. The average Bonchev–Trinajstić information content (AvgIpc) is 3.68. The second kappa shape index (κ2) is 12.6. The zero-order valence-electron chi connectivity index (χ0n) is 23.8. The van der Waals surface area contributed by atoms with Crippen molar-refractivity contribution in [3.63, 3.8) is 0 Å². The summed E-state index contributed by atoms with van der Waals surface area (Å²) in [6.45, 7) is 1.75. The summed E-state index contributed by atoms with van der Waals surface area (Å²) >= 11 is 1.37. The van der Waals surface area contributed by atoms with Gasteiger partial charge in [0.25, 0.3) is 0 Å². The zero-order chi connectivity index (χ0) is 29.8. The molecule has 1 amide bonds. The van der Waals surface area contributed by atoms with Gasteiger partial charge in [-0.25, -0.2) is 19.2 Å². The van der Waals surface area contributed by atoms with Crippen LogP contribution in [0.5, 0.6) is 5.75 Å². The Kier molecular flexibility index (Phi) is 8.32. The second-order valence-electron chi connectivity index (χ2n) is 10.4. The first-order chi connectivity index (χ1) is 21.0. The van der Waals surface area contributed by atoms with E-state index in [-0.39, 0.29) is 30.4 Å². The van der Waals surface area contributed by atoms with Crippen LogP contribution < -0.4 is 10.3 Å². The third-order valence-electron chi connectivity index (χ3n) is 7.49. The van der Waals surface area contributed by atoms with Gasteiger partial charge in [0.05, 0.1) is 12.7 Å². The van der Waals surface area contributed by atoms with Crippen LogP contribution in [0.3, 0.4) is 0 Å². The maximum atomic E-state index is 13.8. The number of hydrogen-bond donors (Lipinski definition) is 0. The van der Waals surface area contributed by atoms with Gasteiger partial charge < -0.3 is 18.9 Å². The topological polar surface area (TPSA) is 108 Å². The highest BCUT2D eigenvalue weighted by Crippen LogP contribution is 2.32. The van der Waals surface area contributed by atoms with Crippen LogP contribution in [0.15, 0.2) is 78.0 Å². The molecule has 11 heteroatoms. The first-order valence-corrected chi connectivity index (χ1v) is 15.0. The largest absolute Gasteiger partial charge is 0.481 e. The van der Waals surface area contributed by atoms with Crippen LogP contribution in [-0.2, 0) is 29.1 Å². The molecule has 0 N–H and O–H groups in total. The molecule has 1 saturated heterocycles. The van der Waals surface area contributed by atoms with Gasteiger partial charge in [-0.05, 0) is 36.5 Å². The van der Waals surface area contributed by atoms with Crippen molar-refractivity contribution in [1.29, 1.82) is 0 Å². The summed E-state index contributed by atoms with van der Waals surface area (Å²) in [7, 11) is 1.36. The minimum atomic E-state index is -0.406. The number of rotatable bonds is 9. The predicted octanol–water partition coefficient (Wildman–Crippen LogP) is 4.59. The van der Waals surface area contributed by atoms with E-state index >= 15 is 0 Å². The lowest BCUT2D eigenvalue weighted by Crippen LogP contribution is -2.37. The van der Waals surface area contributed by atoms with E-state index < -0.39 is 5.97 Å². The van der Waals surface area contributed by atoms with Crippen LogP contribution in [0, 0.1) is 0 Å². The molecule has 1 fully saturated rings. The standard InChI is InChI=1S/C32H31N5O5S/c1-41-31(40)25-13-7-6-12-23(25)18-24-19-33-29(43-24)27-28(42-21-22-10-4-2-5-11-22)30(39)37-17-16-36(32(37)34-27)20-26(38)35-14-8-3-9-15-35/h2,4-7,10-13,16-17,19H,3,8-9,14-15,18,20-21H2,1H3. The summed E-state index contributed by atoms with van der Waals surface area (Å²) in [6, 6.07) is 16.9. The Morgan fingerprint density at radius 3 is 2.53 bits per heavy atom. The van der Waals surface area contributed by atoms with Gasteiger partial charge in [-0.1, -0.05) is 48.5 Å². The number of esters is 1. The third-order valence-corrected chi connectivity index (χ3v) is 8.50. The summed E-state index contributed by atoms with van der Waals surface area (Å²) in [5.74, 6) is 0.0123. The Morgan fingerprint density at radius 2 is 1.74 bits per heavy atom. The molecule has 4 heterocycles. The van der Waals surface area contributed by atoms with Crippen molar-refractivity contribution in [2.24, 2.45) is 0 Å². The molecule has 43 heavy (non-hydrogen) atoms. The number of hydrogen-bond acceptors (Lipinski definition) is 8. The summed E-state index contributed by atoms with van der Waals surface area (Å²) in [5, 5.41) is 0.503. The van der Waals surface area contributed by atoms with E-state index in [9.17, 15) is 14.4 Å². The Hall–Kier alpha value is -4.77. The van der Waals surface area contributed by atoms with Crippen molar-refractivity contribution >= 4 is 29.0 Å². The number of nitrogens with zero attached hydrogens (tertiary/aromatic N) is 5. The van der Waals surface area contributed by atoms with Crippen molar-refractivity contribution in [3.05, 3.63) is 105 Å². The van der Waals surface area contributed by atoms with Gasteiger partial charge in [0, 0.05) is 43.0 Å². The number of amides is 1. The fraction of sp³-hybridized carbons (Fsp3) is 0.281. The molecule has 1 aliphatic heterocycles. The van der Waals surface area contributed by atoms with Crippen molar-refractivity contribution in [3.8, 4) is 16.5 Å². The predicted molar refractivity (Wildman–Crippen MR) is 162 cm³/mol. The van der Waals surface area contributed by atoms with Gasteiger partial charge >= 0.3 is 11.5 Å². The van der Waals surface area contributed by atoms with Crippen LogP contribution in [-0.4, -0.2) is 55.9 Å². The number of benzene rings is 2. The second-order valence-corrected chi connectivity index (χ2v) is 11.5. The SMILES string of the molecule is COC(=O)c1ccccc1Cc1cnc(-c2nc3n(CC(=O)N4CCCCC4)ccn3c(=O)c2OCc2ccccc2)s1. The van der Waals surface area contributed by atoms with E-state index in [0.717, 1.165) is 48.4 Å². The van der Waals surface area contributed by atoms with Gasteiger partial charge in [0.2, 0.25) is 17.4 Å². The van der Waals surface area contributed by atoms with Crippen LogP contribution in [0.2, 0.25) is 0 Å². The Labute approximate surface area is 252 Å². The zero-order valence-corrected chi connectivity index (χ0v) is 24.6. The highest BCUT2D eigenvalue weighted by molar-refractivity contribution is 7.15. The molecule has 0 spiro atoms. The lowest BCUT2D eigenvalue weighted by molar-refractivity contribution is -0.132. The van der Waals surface area contributed by atoms with Gasteiger partial charge in [-0.2, -0.15) is 0 Å². The molecular formula is C32H31N5O5S. The van der Waals surface area contributed by atoms with Gasteiger partial charge in [-0.15, -0.1) is 11.3 Å². The summed E-state index contributed by atoms with van der Waals surface area (Å²) in [4.78, 5) is 51.4. The Bertz CT molecular complexity index is 1820. The summed E-state index contributed by atoms with van der Waals surface area (Å²) < 4.78 is 14.2. The normalized spacial score (nSPS) is 13.3. The number of imidazole rings is 1. The van der Waals surface area contributed by atoms with E-state index in [0.29, 0.717) is 28.5 Å². The van der Waals surface area contributed by atoms with Crippen molar-refractivity contribution in [2.75, 3.05) is 20.2 Å². The van der Waals surface area contributed by atoms with Gasteiger partial charge in [0.15, 0.2) is 5.69 Å². The molecule has 0 radical (unpaired) electrons. The minimum Gasteiger partial charge on any atom is -0.481 e. The summed E-state index contributed by atoms with van der Waals surface area (Å²) in [5.41, 5.74) is 2.12. The smallest absolute Gasteiger partial charge is 0.338 e.